The molecule has 1 fully saturated rings. The second-order valence-corrected chi connectivity index (χ2v) is 3.15. The second-order valence-electron chi connectivity index (χ2n) is 3.15. The van der Waals surface area contributed by atoms with Gasteiger partial charge in [-0.25, -0.2) is 0 Å². The Bertz CT molecular complexity index is 101. The fourth-order valence-corrected chi connectivity index (χ4v) is 1.54. The Morgan fingerprint density at radius 2 is 2.00 bits per heavy atom. The average Bonchev–Trinajstić information content (AvgIpc) is 2.13. The summed E-state index contributed by atoms with van der Waals surface area (Å²) in [6.07, 6.45) is 3.87. The third-order valence-electron chi connectivity index (χ3n) is 2.24. The molecule has 0 bridgehead atoms. The maximum Gasteiger partial charge on any atom is 0.0167 e. The third kappa shape index (κ3) is 5.20. The zero-order valence-electron chi connectivity index (χ0n) is 7.66. The van der Waals surface area contributed by atoms with E-state index >= 15 is 0 Å². The molecule has 0 aromatic heterocycles. The molecule has 0 spiro atoms. The lowest BCUT2D eigenvalue weighted by Gasteiger charge is -2.19. The van der Waals surface area contributed by atoms with Gasteiger partial charge in [-0.3, -0.25) is 0 Å². The quantitative estimate of drug-likeness (QED) is 0.720. The van der Waals surface area contributed by atoms with Crippen molar-refractivity contribution in [2.45, 2.75) is 32.2 Å². The van der Waals surface area contributed by atoms with Gasteiger partial charge in [-0.15, -0.1) is 24.8 Å². The molecule has 1 heterocycles. The monoisotopic (exact) mass is 214 g/mol. The summed E-state index contributed by atoms with van der Waals surface area (Å²) in [4.78, 5) is 2.44. The summed E-state index contributed by atoms with van der Waals surface area (Å²) >= 11 is 0. The molecule has 0 aliphatic carbocycles. The highest BCUT2D eigenvalue weighted by Crippen LogP contribution is 2.07. The van der Waals surface area contributed by atoms with Crippen LogP contribution in [-0.2, 0) is 0 Å². The zero-order valence-corrected chi connectivity index (χ0v) is 9.29. The minimum Gasteiger partial charge on any atom is -0.327 e. The number of nitrogens with two attached hydrogens (primary N) is 1. The maximum atomic E-state index is 5.86. The molecule has 1 rings (SSSR count). The third-order valence-corrected chi connectivity index (χ3v) is 2.24. The molecule has 4 heteroatoms. The van der Waals surface area contributed by atoms with E-state index in [9.17, 15) is 0 Å². The maximum absolute atomic E-state index is 5.86. The molecule has 1 aliphatic heterocycles. The first-order valence-corrected chi connectivity index (χ1v) is 4.31. The molecule has 1 atom stereocenters. The number of rotatable bonds is 1. The molecular weight excluding hydrogens is 195 g/mol. The van der Waals surface area contributed by atoms with E-state index in [2.05, 4.69) is 11.8 Å². The van der Waals surface area contributed by atoms with Gasteiger partial charge in [-0.1, -0.05) is 13.3 Å². The van der Waals surface area contributed by atoms with E-state index in [4.69, 9.17) is 5.73 Å². The summed E-state index contributed by atoms with van der Waals surface area (Å²) in [5.41, 5.74) is 5.86. The Morgan fingerprint density at radius 1 is 1.33 bits per heavy atom. The molecule has 1 aliphatic rings. The standard InChI is InChI=1S/C8H18N2.2ClH/c1-2-10-6-4-3-5-8(9)7-10;;/h8H,2-7,9H2,1H3;2*1H. The van der Waals surface area contributed by atoms with Crippen molar-refractivity contribution in [2.24, 2.45) is 5.73 Å². The smallest absolute Gasteiger partial charge is 0.0167 e. The highest BCUT2D eigenvalue weighted by molar-refractivity contribution is 5.85. The minimum atomic E-state index is 0. The first-order chi connectivity index (χ1) is 4.83. The van der Waals surface area contributed by atoms with Crippen LogP contribution in [0.25, 0.3) is 0 Å². The van der Waals surface area contributed by atoms with Crippen LogP contribution in [0.3, 0.4) is 0 Å². The van der Waals surface area contributed by atoms with Gasteiger partial charge in [0.05, 0.1) is 0 Å². The van der Waals surface area contributed by atoms with Crippen molar-refractivity contribution in [3.63, 3.8) is 0 Å². The molecule has 1 saturated heterocycles. The van der Waals surface area contributed by atoms with Crippen molar-refractivity contribution < 1.29 is 0 Å². The average molecular weight is 215 g/mol. The number of likely N-dealkylation sites (tertiary alicyclic amines) is 1. The van der Waals surface area contributed by atoms with Crippen LogP contribution < -0.4 is 5.73 Å². The lowest BCUT2D eigenvalue weighted by atomic mass is 10.2. The summed E-state index contributed by atoms with van der Waals surface area (Å²) in [6.45, 7) is 5.73. The molecule has 0 saturated carbocycles. The molecule has 12 heavy (non-hydrogen) atoms. The first-order valence-electron chi connectivity index (χ1n) is 4.31. The summed E-state index contributed by atoms with van der Waals surface area (Å²) < 4.78 is 0. The summed E-state index contributed by atoms with van der Waals surface area (Å²) in [5.74, 6) is 0. The van der Waals surface area contributed by atoms with Crippen molar-refractivity contribution >= 4 is 24.8 Å². The van der Waals surface area contributed by atoms with Crippen molar-refractivity contribution in [3.8, 4) is 0 Å². The molecule has 0 aromatic carbocycles. The van der Waals surface area contributed by atoms with Gasteiger partial charge in [0.1, 0.15) is 0 Å². The topological polar surface area (TPSA) is 29.3 Å². The number of hydrogen-bond acceptors (Lipinski definition) is 2. The van der Waals surface area contributed by atoms with Gasteiger partial charge in [-0.05, 0) is 25.9 Å². The SMILES string of the molecule is CCN1CCCCC(N)C1.Cl.Cl. The predicted molar refractivity (Wildman–Crippen MR) is 58.4 cm³/mol. The lowest BCUT2D eigenvalue weighted by Crippen LogP contribution is -2.35. The fourth-order valence-electron chi connectivity index (χ4n) is 1.54. The normalized spacial score (nSPS) is 25.0. The summed E-state index contributed by atoms with van der Waals surface area (Å²) in [5, 5.41) is 0. The number of halogens is 2. The van der Waals surface area contributed by atoms with Crippen molar-refractivity contribution in [2.75, 3.05) is 19.6 Å². The van der Waals surface area contributed by atoms with E-state index < -0.39 is 0 Å². The first kappa shape index (κ1) is 15.0. The Labute approximate surface area is 87.7 Å². The van der Waals surface area contributed by atoms with Gasteiger partial charge in [0.25, 0.3) is 0 Å². The lowest BCUT2D eigenvalue weighted by molar-refractivity contribution is 0.287. The fraction of sp³-hybridized carbons (Fsp3) is 1.00. The summed E-state index contributed by atoms with van der Waals surface area (Å²) in [7, 11) is 0. The van der Waals surface area contributed by atoms with E-state index in [1.807, 2.05) is 0 Å². The van der Waals surface area contributed by atoms with Crippen LogP contribution in [-0.4, -0.2) is 30.6 Å². The molecule has 0 amide bonds. The Balaban J connectivity index is 0. The molecule has 2 N–H and O–H groups in total. The van der Waals surface area contributed by atoms with Crippen LogP contribution in [0.5, 0.6) is 0 Å². The van der Waals surface area contributed by atoms with Gasteiger partial charge in [0.2, 0.25) is 0 Å². The summed E-state index contributed by atoms with van der Waals surface area (Å²) in [6, 6.07) is 0.433. The van der Waals surface area contributed by atoms with Crippen molar-refractivity contribution in [1.82, 2.24) is 4.90 Å². The highest BCUT2D eigenvalue weighted by Gasteiger charge is 2.12. The van der Waals surface area contributed by atoms with E-state index in [-0.39, 0.29) is 24.8 Å². The molecule has 1 unspecified atom stereocenters. The Morgan fingerprint density at radius 3 is 2.58 bits per heavy atom. The predicted octanol–water partition coefficient (Wildman–Crippen LogP) is 1.66. The molecule has 0 aromatic rings. The van der Waals surface area contributed by atoms with Gasteiger partial charge in [0, 0.05) is 12.6 Å². The number of hydrogen-bond donors (Lipinski definition) is 1. The Hall–Kier alpha value is 0.500. The van der Waals surface area contributed by atoms with Crippen molar-refractivity contribution in [1.29, 1.82) is 0 Å². The molecule has 2 nitrogen and oxygen atoms in total. The number of nitrogens with zero attached hydrogens (tertiary/aromatic N) is 1. The van der Waals surface area contributed by atoms with Crippen LogP contribution in [0, 0.1) is 0 Å². The molecular formula is C8H20Cl2N2. The van der Waals surface area contributed by atoms with Gasteiger partial charge in [-0.2, -0.15) is 0 Å². The second kappa shape index (κ2) is 8.11. The van der Waals surface area contributed by atoms with Gasteiger partial charge >= 0.3 is 0 Å². The van der Waals surface area contributed by atoms with E-state index in [1.54, 1.807) is 0 Å². The largest absolute Gasteiger partial charge is 0.327 e. The molecule has 0 radical (unpaired) electrons. The zero-order chi connectivity index (χ0) is 7.40. The van der Waals surface area contributed by atoms with Gasteiger partial charge in [0.15, 0.2) is 0 Å². The van der Waals surface area contributed by atoms with Crippen LogP contribution in [0.4, 0.5) is 0 Å². The van der Waals surface area contributed by atoms with E-state index in [0.717, 1.165) is 13.1 Å². The van der Waals surface area contributed by atoms with Crippen LogP contribution >= 0.6 is 24.8 Å². The van der Waals surface area contributed by atoms with Crippen LogP contribution in [0.2, 0.25) is 0 Å². The van der Waals surface area contributed by atoms with E-state index in [1.165, 1.54) is 25.8 Å². The highest BCUT2D eigenvalue weighted by atomic mass is 35.5. The van der Waals surface area contributed by atoms with Crippen LogP contribution in [0.15, 0.2) is 0 Å². The Kier molecular flexibility index (Phi) is 10.1. The van der Waals surface area contributed by atoms with Gasteiger partial charge < -0.3 is 10.6 Å². The van der Waals surface area contributed by atoms with Crippen LogP contribution in [0.1, 0.15) is 26.2 Å². The molecule has 76 valence electrons. The van der Waals surface area contributed by atoms with Crippen molar-refractivity contribution in [3.05, 3.63) is 0 Å². The number of likely N-dealkylation sites (N-methyl/N-ethyl adjacent to an activating group) is 1. The van der Waals surface area contributed by atoms with E-state index in [0.29, 0.717) is 6.04 Å². The minimum absolute atomic E-state index is 0.